The Hall–Kier alpha value is 0.680. The number of hydrogen-bond donors (Lipinski definition) is 1. The average Bonchev–Trinajstić information content (AvgIpc) is 2.49. The Balaban J connectivity index is -0.00000220. The normalized spacial score (nSPS) is 9.75. The molecule has 0 aliphatic heterocycles. The summed E-state index contributed by atoms with van der Waals surface area (Å²) in [7, 11) is 0. The van der Waals surface area contributed by atoms with Crippen molar-refractivity contribution >= 4 is 41.4 Å². The van der Waals surface area contributed by atoms with Crippen LogP contribution in [0.15, 0.2) is 0 Å². The van der Waals surface area contributed by atoms with Crippen LogP contribution in [-0.4, -0.2) is 64.5 Å². The van der Waals surface area contributed by atoms with Gasteiger partial charge in [0.2, 0.25) is 5.91 Å². The number of aliphatic carboxylic acids is 1. The van der Waals surface area contributed by atoms with Crippen molar-refractivity contribution in [3.05, 3.63) is 0 Å². The van der Waals surface area contributed by atoms with Gasteiger partial charge in [0.1, 0.15) is 6.54 Å². The van der Waals surface area contributed by atoms with Crippen LogP contribution in [0.3, 0.4) is 0 Å². The maximum absolute atomic E-state index is 11.8. The standard InChI is InChI=1S/C18H35NO3.Au.Na.H/c1-3-5-6-7-8-9-10-11-12-13-14-15-17(20)19(4-2)16-18(21)22;;;/h3-16H2,1-2H3,(H,21,22);;;. The van der Waals surface area contributed by atoms with Crippen molar-refractivity contribution in [1.29, 1.82) is 0 Å². The molecule has 0 saturated carbocycles. The van der Waals surface area contributed by atoms with Gasteiger partial charge in [-0.05, 0) is 13.3 Å². The van der Waals surface area contributed by atoms with Gasteiger partial charge >= 0.3 is 35.5 Å². The van der Waals surface area contributed by atoms with E-state index in [-0.39, 0.29) is 64.4 Å². The fourth-order valence-corrected chi connectivity index (χ4v) is 2.64. The zero-order chi connectivity index (χ0) is 16.6. The Morgan fingerprint density at radius 3 is 1.58 bits per heavy atom. The molecule has 1 radical (unpaired) electrons. The molecule has 4 nitrogen and oxygen atoms in total. The number of amides is 1. The van der Waals surface area contributed by atoms with Crippen molar-refractivity contribution in [1.82, 2.24) is 4.90 Å². The van der Waals surface area contributed by atoms with Crippen LogP contribution in [-0.2, 0) is 32.0 Å². The predicted octanol–water partition coefficient (Wildman–Crippen LogP) is 3.97. The summed E-state index contributed by atoms with van der Waals surface area (Å²) in [6.45, 7) is 4.37. The van der Waals surface area contributed by atoms with E-state index in [4.69, 9.17) is 5.11 Å². The van der Waals surface area contributed by atoms with Gasteiger partial charge < -0.3 is 10.0 Å². The van der Waals surface area contributed by atoms with Gasteiger partial charge in [0.25, 0.3) is 0 Å². The van der Waals surface area contributed by atoms with Crippen molar-refractivity contribution in [2.24, 2.45) is 0 Å². The summed E-state index contributed by atoms with van der Waals surface area (Å²) in [6.07, 6.45) is 14.3. The quantitative estimate of drug-likeness (QED) is 0.256. The van der Waals surface area contributed by atoms with Crippen LogP contribution in [0.2, 0.25) is 0 Å². The van der Waals surface area contributed by atoms with E-state index in [1.54, 1.807) is 0 Å². The Kier molecular flexibility index (Phi) is 26.6. The van der Waals surface area contributed by atoms with Crippen LogP contribution in [0.4, 0.5) is 0 Å². The number of unbranched alkanes of at least 4 members (excludes halogenated alkanes) is 10. The van der Waals surface area contributed by atoms with Crippen LogP contribution >= 0.6 is 0 Å². The van der Waals surface area contributed by atoms with E-state index in [2.05, 4.69) is 6.92 Å². The minimum atomic E-state index is -0.936. The van der Waals surface area contributed by atoms with Gasteiger partial charge in [-0.1, -0.05) is 71.1 Å². The number of likely N-dealkylation sites (N-methyl/N-ethyl adjacent to an activating group) is 1. The Bertz CT molecular complexity index is 304. The Morgan fingerprint density at radius 1 is 0.792 bits per heavy atom. The van der Waals surface area contributed by atoms with Crippen LogP contribution in [0.1, 0.15) is 90.9 Å². The molecule has 0 unspecified atom stereocenters. The fourth-order valence-electron chi connectivity index (χ4n) is 2.64. The van der Waals surface area contributed by atoms with Crippen molar-refractivity contribution in [3.8, 4) is 0 Å². The number of carboxylic acid groups (broad SMARTS) is 1. The monoisotopic (exact) mass is 534 g/mol. The molecule has 0 fully saturated rings. The van der Waals surface area contributed by atoms with Crippen molar-refractivity contribution in [3.63, 3.8) is 0 Å². The first-order valence-corrected chi connectivity index (χ1v) is 9.11. The molecule has 24 heavy (non-hydrogen) atoms. The van der Waals surface area contributed by atoms with Crippen LogP contribution < -0.4 is 0 Å². The summed E-state index contributed by atoms with van der Waals surface area (Å²) in [5.41, 5.74) is 0. The fraction of sp³-hybridized carbons (Fsp3) is 0.889. The van der Waals surface area contributed by atoms with E-state index < -0.39 is 5.97 Å². The summed E-state index contributed by atoms with van der Waals surface area (Å²) >= 11 is 0. The van der Waals surface area contributed by atoms with Gasteiger partial charge in [-0.15, -0.1) is 0 Å². The second kappa shape index (κ2) is 21.7. The second-order valence-electron chi connectivity index (χ2n) is 6.09. The maximum atomic E-state index is 11.8. The van der Waals surface area contributed by atoms with E-state index in [9.17, 15) is 9.59 Å². The molecule has 0 saturated heterocycles. The van der Waals surface area contributed by atoms with Gasteiger partial charge in [0.05, 0.1) is 0 Å². The van der Waals surface area contributed by atoms with Crippen molar-refractivity contribution in [2.45, 2.75) is 90.9 Å². The summed E-state index contributed by atoms with van der Waals surface area (Å²) < 4.78 is 0. The van der Waals surface area contributed by atoms with Gasteiger partial charge in [-0.25, -0.2) is 0 Å². The SMILES string of the molecule is CCCCCCCCCCCCCC(=O)N(CC)CC(=O)O.[Au].[NaH]. The molecule has 0 bridgehead atoms. The molecule has 1 N–H and O–H groups in total. The first-order chi connectivity index (χ1) is 10.6. The third-order valence-electron chi connectivity index (χ3n) is 4.05. The Morgan fingerprint density at radius 2 is 1.21 bits per heavy atom. The van der Waals surface area contributed by atoms with Gasteiger partial charge in [-0.2, -0.15) is 0 Å². The molecule has 0 aromatic rings. The third-order valence-corrected chi connectivity index (χ3v) is 4.05. The number of hydrogen-bond acceptors (Lipinski definition) is 2. The first-order valence-electron chi connectivity index (χ1n) is 9.11. The number of carboxylic acids is 1. The van der Waals surface area contributed by atoms with E-state index in [0.717, 1.165) is 12.8 Å². The zero-order valence-electron chi connectivity index (χ0n) is 14.9. The van der Waals surface area contributed by atoms with E-state index >= 15 is 0 Å². The molecule has 0 aliphatic rings. The van der Waals surface area contributed by atoms with Gasteiger partial charge in [-0.3, -0.25) is 9.59 Å². The molecular formula is C18H36AuNNaO3. The molecule has 0 atom stereocenters. The predicted molar refractivity (Wildman–Crippen MR) is 98.1 cm³/mol. The summed E-state index contributed by atoms with van der Waals surface area (Å²) in [5.74, 6) is -0.963. The van der Waals surface area contributed by atoms with Crippen molar-refractivity contribution in [2.75, 3.05) is 13.1 Å². The van der Waals surface area contributed by atoms with Gasteiger partial charge in [0.15, 0.2) is 0 Å². The molecular weight excluding hydrogens is 498 g/mol. The average molecular weight is 534 g/mol. The zero-order valence-corrected chi connectivity index (χ0v) is 17.1. The van der Waals surface area contributed by atoms with E-state index in [1.165, 1.54) is 62.7 Å². The minimum absolute atomic E-state index is 0. The number of carbonyl (C=O) groups excluding carboxylic acids is 1. The molecule has 6 heteroatoms. The van der Waals surface area contributed by atoms with E-state index in [1.807, 2.05) is 6.92 Å². The van der Waals surface area contributed by atoms with Crippen LogP contribution in [0.25, 0.3) is 0 Å². The molecule has 143 valence electrons. The third kappa shape index (κ3) is 19.0. The van der Waals surface area contributed by atoms with Gasteiger partial charge in [0, 0.05) is 35.3 Å². The summed E-state index contributed by atoms with van der Waals surface area (Å²) in [4.78, 5) is 23.9. The van der Waals surface area contributed by atoms with Crippen molar-refractivity contribution < 1.29 is 37.1 Å². The molecule has 0 aromatic carbocycles. The second-order valence-corrected chi connectivity index (χ2v) is 6.09. The molecule has 0 rings (SSSR count). The summed E-state index contributed by atoms with van der Waals surface area (Å²) in [6, 6.07) is 0. The van der Waals surface area contributed by atoms with E-state index in [0.29, 0.717) is 13.0 Å². The molecule has 0 aliphatic carbocycles. The molecule has 0 aromatic heterocycles. The first kappa shape index (κ1) is 29.4. The van der Waals surface area contributed by atoms with Crippen LogP contribution in [0, 0.1) is 0 Å². The molecule has 1 amide bonds. The Labute approximate surface area is 186 Å². The van der Waals surface area contributed by atoms with Crippen LogP contribution in [0.5, 0.6) is 0 Å². The molecule has 0 heterocycles. The topological polar surface area (TPSA) is 57.6 Å². The summed E-state index contributed by atoms with van der Waals surface area (Å²) in [5, 5.41) is 8.73. The number of rotatable bonds is 15. The number of nitrogens with zero attached hydrogens (tertiary/aromatic N) is 1. The molecule has 0 spiro atoms. The number of carbonyl (C=O) groups is 2.